The van der Waals surface area contributed by atoms with Gasteiger partial charge in [-0.1, -0.05) is 35.5 Å². The lowest BCUT2D eigenvalue weighted by Crippen LogP contribution is -2.31. The molecule has 3 aromatic rings. The molecule has 2 heterocycles. The largest absolute Gasteiger partial charge is 0.337 e. The van der Waals surface area contributed by atoms with E-state index in [0.29, 0.717) is 27.3 Å². The van der Waals surface area contributed by atoms with Gasteiger partial charge in [0.15, 0.2) is 5.37 Å². The Morgan fingerprint density at radius 1 is 1.10 bits per heavy atom. The molecule has 210 valence electrons. The lowest BCUT2D eigenvalue weighted by Gasteiger charge is -2.18. The van der Waals surface area contributed by atoms with Gasteiger partial charge in [-0.15, -0.1) is 11.3 Å². The average molecular weight is 615 g/mol. The summed E-state index contributed by atoms with van der Waals surface area (Å²) in [5.74, 6) is -1.82. The third-order valence-electron chi connectivity index (χ3n) is 5.67. The Morgan fingerprint density at radius 3 is 2.28 bits per heavy atom. The Kier molecular flexibility index (Phi) is 8.65. The van der Waals surface area contributed by atoms with Crippen molar-refractivity contribution in [1.82, 2.24) is 9.88 Å². The van der Waals surface area contributed by atoms with Crippen LogP contribution in [0.2, 0.25) is 5.02 Å². The summed E-state index contributed by atoms with van der Waals surface area (Å²) >= 11 is 7.10. The van der Waals surface area contributed by atoms with Crippen molar-refractivity contribution < 1.29 is 30.9 Å². The quantitative estimate of drug-likeness (QED) is 0.298. The van der Waals surface area contributed by atoms with Crippen LogP contribution in [-0.2, 0) is 19.9 Å². The van der Waals surface area contributed by atoms with E-state index in [1.54, 1.807) is 40.7 Å². The molecule has 2 aromatic heterocycles. The third-order valence-corrected chi connectivity index (χ3v) is 10.1. The van der Waals surface area contributed by atoms with Gasteiger partial charge in [-0.3, -0.25) is 9.59 Å². The number of nitrogens with one attached hydrogen (secondary N) is 3. The number of rotatable bonds is 9. The van der Waals surface area contributed by atoms with E-state index in [-0.39, 0.29) is 31.9 Å². The summed E-state index contributed by atoms with van der Waals surface area (Å²) in [4.78, 5) is 26.5. The second-order valence-corrected chi connectivity index (χ2v) is 14.2. The molecule has 11 nitrogen and oxygen atoms in total. The van der Waals surface area contributed by atoms with Crippen molar-refractivity contribution >= 4 is 66.2 Å². The van der Waals surface area contributed by atoms with Gasteiger partial charge < -0.3 is 15.2 Å². The minimum Gasteiger partial charge on any atom is -0.337 e. The highest BCUT2D eigenvalue weighted by Crippen LogP contribution is 2.36. The minimum absolute atomic E-state index is 0.0427. The average Bonchev–Trinajstić information content (AvgIpc) is 3.30. The summed E-state index contributed by atoms with van der Waals surface area (Å²) < 4.78 is 57.9. The van der Waals surface area contributed by atoms with E-state index in [1.807, 2.05) is 4.72 Å². The van der Waals surface area contributed by atoms with Crippen molar-refractivity contribution in [3.8, 4) is 0 Å². The number of carbonyl (C=O) groups is 2. The highest BCUT2D eigenvalue weighted by atomic mass is 35.5. The Balaban J connectivity index is 2.08. The Morgan fingerprint density at radius 2 is 1.74 bits per heavy atom. The molecule has 0 bridgehead atoms. The first-order valence-electron chi connectivity index (χ1n) is 11.3. The van der Waals surface area contributed by atoms with Crippen molar-refractivity contribution in [2.45, 2.75) is 44.9 Å². The van der Waals surface area contributed by atoms with Crippen molar-refractivity contribution in [1.29, 1.82) is 0 Å². The number of hydrogen-bond acceptors (Lipinski definition) is 10. The van der Waals surface area contributed by atoms with Gasteiger partial charge in [0, 0.05) is 4.88 Å². The van der Waals surface area contributed by atoms with Crippen LogP contribution in [0.3, 0.4) is 0 Å². The van der Waals surface area contributed by atoms with E-state index < -0.39 is 37.0 Å². The molecule has 0 saturated carbocycles. The molecule has 2 amide bonds. The fourth-order valence-corrected chi connectivity index (χ4v) is 7.53. The minimum atomic E-state index is -4.29. The summed E-state index contributed by atoms with van der Waals surface area (Å²) in [6, 6.07) is 3.11. The SMILES string of the molecule is C=CC(Nc1onc(C)c1Cl)S(=O)(=O)c1c(C(=O)Nc2c(C)cc(C)cc2C(=O)NS(C)(=O)=O)sc(C)c1C. The van der Waals surface area contributed by atoms with Gasteiger partial charge in [-0.2, -0.15) is 0 Å². The molecule has 1 atom stereocenters. The molecule has 0 radical (unpaired) electrons. The number of benzene rings is 1. The summed E-state index contributed by atoms with van der Waals surface area (Å²) in [7, 11) is -8.18. The molecular formula is C24H27ClN4O7S3. The number of nitrogens with zero attached hydrogens (tertiary/aromatic N) is 1. The zero-order valence-electron chi connectivity index (χ0n) is 21.9. The molecule has 1 aromatic carbocycles. The highest BCUT2D eigenvalue weighted by Gasteiger charge is 2.35. The molecule has 1 unspecified atom stereocenters. The van der Waals surface area contributed by atoms with E-state index in [1.165, 1.54) is 6.07 Å². The zero-order valence-corrected chi connectivity index (χ0v) is 25.1. The van der Waals surface area contributed by atoms with Gasteiger partial charge in [0.25, 0.3) is 11.8 Å². The zero-order chi connectivity index (χ0) is 29.4. The maximum Gasteiger partial charge on any atom is 0.267 e. The Bertz CT molecular complexity index is 1710. The number of hydrogen-bond donors (Lipinski definition) is 3. The molecule has 0 saturated heterocycles. The second kappa shape index (κ2) is 11.1. The predicted molar refractivity (Wildman–Crippen MR) is 151 cm³/mol. The smallest absolute Gasteiger partial charge is 0.267 e. The van der Waals surface area contributed by atoms with Gasteiger partial charge in [0.2, 0.25) is 25.7 Å². The fourth-order valence-electron chi connectivity index (χ4n) is 3.77. The van der Waals surface area contributed by atoms with Crippen LogP contribution in [0, 0.1) is 34.6 Å². The maximum atomic E-state index is 13.8. The fraction of sp³-hybridized carbons (Fsp3) is 0.292. The number of carbonyl (C=O) groups excluding carboxylic acids is 2. The molecule has 15 heteroatoms. The lowest BCUT2D eigenvalue weighted by atomic mass is 10.0. The number of sulfonamides is 1. The van der Waals surface area contributed by atoms with Gasteiger partial charge in [0.1, 0.15) is 15.6 Å². The van der Waals surface area contributed by atoms with Gasteiger partial charge in [-0.25, -0.2) is 21.6 Å². The predicted octanol–water partition coefficient (Wildman–Crippen LogP) is 4.27. The van der Waals surface area contributed by atoms with E-state index in [0.717, 1.165) is 23.7 Å². The van der Waals surface area contributed by atoms with Crippen LogP contribution >= 0.6 is 22.9 Å². The first kappa shape index (κ1) is 30.3. The van der Waals surface area contributed by atoms with Crippen molar-refractivity contribution in [3.63, 3.8) is 0 Å². The second-order valence-electron chi connectivity index (χ2n) is 8.86. The van der Waals surface area contributed by atoms with E-state index in [9.17, 15) is 26.4 Å². The number of thiophene rings is 1. The molecule has 3 rings (SSSR count). The number of sulfone groups is 1. The molecule has 39 heavy (non-hydrogen) atoms. The number of anilines is 2. The molecule has 0 aliphatic heterocycles. The first-order valence-corrected chi connectivity index (χ1v) is 15.9. The van der Waals surface area contributed by atoms with Crippen LogP contribution < -0.4 is 15.4 Å². The van der Waals surface area contributed by atoms with Crippen LogP contribution in [0.4, 0.5) is 11.6 Å². The Labute approximate surface area is 235 Å². The van der Waals surface area contributed by atoms with E-state index in [2.05, 4.69) is 22.4 Å². The first-order chi connectivity index (χ1) is 18.0. The normalized spacial score (nSPS) is 12.6. The van der Waals surface area contributed by atoms with Crippen LogP contribution in [0.15, 0.2) is 34.2 Å². The molecule has 3 N–H and O–H groups in total. The van der Waals surface area contributed by atoms with Gasteiger partial charge >= 0.3 is 0 Å². The standard InChI is InChI=1S/C24H27ClN4O7S3/c1-8-17(26-24-18(25)14(5)28-36-24)39(34,35)21-13(4)15(6)37-20(21)23(31)27-19-12(3)9-11(2)10-16(19)22(30)29-38(7,32)33/h8-10,17,26H,1H2,2-7H3,(H,27,31)(H,29,30). The molecular weight excluding hydrogens is 588 g/mol. The lowest BCUT2D eigenvalue weighted by molar-refractivity contribution is 0.0982. The van der Waals surface area contributed by atoms with E-state index >= 15 is 0 Å². The number of aromatic nitrogens is 1. The van der Waals surface area contributed by atoms with Crippen LogP contribution in [0.1, 0.15) is 47.3 Å². The highest BCUT2D eigenvalue weighted by molar-refractivity contribution is 7.92. The van der Waals surface area contributed by atoms with Crippen LogP contribution in [0.25, 0.3) is 0 Å². The maximum absolute atomic E-state index is 13.8. The third kappa shape index (κ3) is 6.35. The monoisotopic (exact) mass is 614 g/mol. The molecule has 0 aliphatic carbocycles. The number of halogens is 1. The van der Waals surface area contributed by atoms with Crippen LogP contribution in [-0.4, -0.2) is 45.4 Å². The van der Waals surface area contributed by atoms with Gasteiger partial charge in [0.05, 0.1) is 22.4 Å². The van der Waals surface area contributed by atoms with Crippen molar-refractivity contribution in [2.24, 2.45) is 0 Å². The van der Waals surface area contributed by atoms with Crippen molar-refractivity contribution in [3.05, 3.63) is 67.5 Å². The Hall–Kier alpha value is -3.20. The summed E-state index contributed by atoms with van der Waals surface area (Å²) in [5, 5.41) is 7.65. The number of amides is 2. The summed E-state index contributed by atoms with van der Waals surface area (Å²) in [5.41, 5.74) is 1.78. The topological polar surface area (TPSA) is 165 Å². The van der Waals surface area contributed by atoms with E-state index in [4.69, 9.17) is 16.1 Å². The molecule has 0 fully saturated rings. The van der Waals surface area contributed by atoms with Crippen molar-refractivity contribution in [2.75, 3.05) is 16.9 Å². The van der Waals surface area contributed by atoms with Gasteiger partial charge in [-0.05, 0) is 57.4 Å². The molecule has 0 aliphatic rings. The summed E-state index contributed by atoms with van der Waals surface area (Å²) in [6.07, 6.45) is 1.97. The number of aryl methyl sites for hydroxylation is 4. The van der Waals surface area contributed by atoms with Crippen LogP contribution in [0.5, 0.6) is 0 Å². The summed E-state index contributed by atoms with van der Waals surface area (Å²) in [6.45, 7) is 11.8. The molecule has 0 spiro atoms.